The zero-order chi connectivity index (χ0) is 17.2. The first-order valence-corrected chi connectivity index (χ1v) is 10.1. The highest BCUT2D eigenvalue weighted by molar-refractivity contribution is 9.10. The van der Waals surface area contributed by atoms with Crippen molar-refractivity contribution in [1.29, 1.82) is 0 Å². The van der Waals surface area contributed by atoms with E-state index in [0.29, 0.717) is 31.1 Å². The number of aromatic nitrogens is 1. The highest BCUT2D eigenvalue weighted by atomic mass is 79.9. The van der Waals surface area contributed by atoms with Crippen LogP contribution in [0.25, 0.3) is 0 Å². The lowest BCUT2D eigenvalue weighted by Crippen LogP contribution is -2.48. The molecule has 0 N–H and O–H groups in total. The van der Waals surface area contributed by atoms with E-state index in [2.05, 4.69) is 25.8 Å². The van der Waals surface area contributed by atoms with Gasteiger partial charge in [-0.1, -0.05) is 22.0 Å². The summed E-state index contributed by atoms with van der Waals surface area (Å²) < 4.78 is 28.1. The quantitative estimate of drug-likeness (QED) is 0.778. The molecule has 1 aliphatic heterocycles. The van der Waals surface area contributed by atoms with Gasteiger partial charge in [0.05, 0.1) is 10.6 Å². The number of aryl methyl sites for hydroxylation is 1. The molecule has 0 unspecified atom stereocenters. The molecular formula is C17H20BrN3O2S. The Morgan fingerprint density at radius 1 is 1.12 bits per heavy atom. The van der Waals surface area contributed by atoms with Crippen molar-refractivity contribution in [3.8, 4) is 0 Å². The van der Waals surface area contributed by atoms with Gasteiger partial charge in [-0.15, -0.1) is 0 Å². The molecule has 3 rings (SSSR count). The summed E-state index contributed by atoms with van der Waals surface area (Å²) in [6.45, 7) is 5.09. The standard InChI is InChI=1S/C17H20BrN3O2S/c1-14-12-16(5-6-17(14)18)24(22,23)21-10-8-20(9-11-21)13-15-4-2-3-7-19-15/h2-7,12H,8-11,13H2,1H3. The summed E-state index contributed by atoms with van der Waals surface area (Å²) in [6.07, 6.45) is 1.78. The van der Waals surface area contributed by atoms with Crippen LogP contribution in [0.1, 0.15) is 11.3 Å². The Morgan fingerprint density at radius 2 is 1.88 bits per heavy atom. The maximum Gasteiger partial charge on any atom is 0.243 e. The molecule has 0 saturated carbocycles. The maximum absolute atomic E-state index is 12.8. The summed E-state index contributed by atoms with van der Waals surface area (Å²) in [5.41, 5.74) is 1.93. The minimum Gasteiger partial charge on any atom is -0.295 e. The van der Waals surface area contributed by atoms with Gasteiger partial charge < -0.3 is 0 Å². The lowest BCUT2D eigenvalue weighted by atomic mass is 10.2. The Balaban J connectivity index is 1.66. The molecule has 0 spiro atoms. The minimum absolute atomic E-state index is 0.362. The minimum atomic E-state index is -3.43. The van der Waals surface area contributed by atoms with Crippen LogP contribution in [-0.2, 0) is 16.6 Å². The van der Waals surface area contributed by atoms with Crippen LogP contribution in [0.4, 0.5) is 0 Å². The molecule has 0 amide bonds. The molecule has 1 saturated heterocycles. The molecule has 0 radical (unpaired) electrons. The monoisotopic (exact) mass is 409 g/mol. The number of halogens is 1. The third-order valence-electron chi connectivity index (χ3n) is 4.21. The molecule has 1 aliphatic rings. The molecule has 1 fully saturated rings. The second-order valence-electron chi connectivity index (χ2n) is 5.91. The first kappa shape index (κ1) is 17.5. The zero-order valence-corrected chi connectivity index (χ0v) is 15.9. The molecule has 2 heterocycles. The summed E-state index contributed by atoms with van der Waals surface area (Å²) in [4.78, 5) is 6.93. The second kappa shape index (κ2) is 7.31. The average molecular weight is 410 g/mol. The van der Waals surface area contributed by atoms with Crippen LogP contribution in [0.5, 0.6) is 0 Å². The van der Waals surface area contributed by atoms with E-state index in [1.807, 2.05) is 25.1 Å². The van der Waals surface area contributed by atoms with Crippen LogP contribution >= 0.6 is 15.9 Å². The number of rotatable bonds is 4. The SMILES string of the molecule is Cc1cc(S(=O)(=O)N2CCN(Cc3ccccn3)CC2)ccc1Br. The van der Waals surface area contributed by atoms with E-state index in [4.69, 9.17) is 0 Å². The Hall–Kier alpha value is -1.28. The molecule has 5 nitrogen and oxygen atoms in total. The smallest absolute Gasteiger partial charge is 0.243 e. The summed E-state index contributed by atoms with van der Waals surface area (Å²) in [7, 11) is -3.43. The lowest BCUT2D eigenvalue weighted by molar-refractivity contribution is 0.180. The Morgan fingerprint density at radius 3 is 2.50 bits per heavy atom. The Bertz CT molecular complexity index is 804. The number of benzene rings is 1. The van der Waals surface area contributed by atoms with Crippen molar-refractivity contribution >= 4 is 26.0 Å². The van der Waals surface area contributed by atoms with Gasteiger partial charge >= 0.3 is 0 Å². The number of hydrogen-bond donors (Lipinski definition) is 0. The molecule has 1 aromatic heterocycles. The first-order valence-electron chi connectivity index (χ1n) is 7.85. The van der Waals surface area contributed by atoms with E-state index in [1.54, 1.807) is 28.7 Å². The van der Waals surface area contributed by atoms with Gasteiger partial charge in [-0.3, -0.25) is 9.88 Å². The van der Waals surface area contributed by atoms with Crippen molar-refractivity contribution in [2.45, 2.75) is 18.4 Å². The molecule has 0 atom stereocenters. The van der Waals surface area contributed by atoms with Gasteiger partial charge in [0.1, 0.15) is 0 Å². The van der Waals surface area contributed by atoms with Crippen LogP contribution in [0.2, 0.25) is 0 Å². The van der Waals surface area contributed by atoms with Crippen LogP contribution in [0.3, 0.4) is 0 Å². The predicted molar refractivity (Wildman–Crippen MR) is 97.2 cm³/mol. The van der Waals surface area contributed by atoms with Crippen LogP contribution < -0.4 is 0 Å². The van der Waals surface area contributed by atoms with Crippen molar-refractivity contribution in [2.75, 3.05) is 26.2 Å². The van der Waals surface area contributed by atoms with Gasteiger partial charge in [-0.05, 0) is 42.8 Å². The van der Waals surface area contributed by atoms with Crippen molar-refractivity contribution in [3.63, 3.8) is 0 Å². The van der Waals surface area contributed by atoms with E-state index in [-0.39, 0.29) is 0 Å². The van der Waals surface area contributed by atoms with E-state index < -0.39 is 10.0 Å². The van der Waals surface area contributed by atoms with Crippen molar-refractivity contribution in [3.05, 3.63) is 58.3 Å². The van der Waals surface area contributed by atoms with Gasteiger partial charge in [0.15, 0.2) is 0 Å². The molecule has 128 valence electrons. The molecule has 2 aromatic rings. The fourth-order valence-electron chi connectivity index (χ4n) is 2.78. The average Bonchev–Trinajstić information content (AvgIpc) is 2.58. The van der Waals surface area contributed by atoms with Crippen LogP contribution in [0, 0.1) is 6.92 Å². The van der Waals surface area contributed by atoms with Crippen molar-refractivity contribution in [2.24, 2.45) is 0 Å². The fraction of sp³-hybridized carbons (Fsp3) is 0.353. The van der Waals surface area contributed by atoms with Gasteiger partial charge in [0.2, 0.25) is 10.0 Å². The maximum atomic E-state index is 12.8. The molecule has 7 heteroatoms. The van der Waals surface area contributed by atoms with Gasteiger partial charge in [0, 0.05) is 43.4 Å². The van der Waals surface area contributed by atoms with E-state index in [1.165, 1.54) is 0 Å². The van der Waals surface area contributed by atoms with E-state index in [0.717, 1.165) is 22.3 Å². The number of piperazine rings is 1. The highest BCUT2D eigenvalue weighted by Crippen LogP contribution is 2.23. The van der Waals surface area contributed by atoms with E-state index in [9.17, 15) is 8.42 Å². The molecule has 24 heavy (non-hydrogen) atoms. The summed E-state index contributed by atoms with van der Waals surface area (Å²) >= 11 is 3.41. The zero-order valence-electron chi connectivity index (χ0n) is 13.5. The molecular weight excluding hydrogens is 390 g/mol. The molecule has 1 aromatic carbocycles. The van der Waals surface area contributed by atoms with Crippen LogP contribution in [0.15, 0.2) is 52.0 Å². The van der Waals surface area contributed by atoms with Crippen LogP contribution in [-0.4, -0.2) is 48.8 Å². The largest absolute Gasteiger partial charge is 0.295 e. The fourth-order valence-corrected chi connectivity index (χ4v) is 4.53. The third-order valence-corrected chi connectivity index (χ3v) is 6.99. The highest BCUT2D eigenvalue weighted by Gasteiger charge is 2.28. The summed E-state index contributed by atoms with van der Waals surface area (Å²) in [5, 5.41) is 0. The summed E-state index contributed by atoms with van der Waals surface area (Å²) in [5.74, 6) is 0. The lowest BCUT2D eigenvalue weighted by Gasteiger charge is -2.33. The van der Waals surface area contributed by atoms with Gasteiger partial charge in [0.25, 0.3) is 0 Å². The normalized spacial score (nSPS) is 17.1. The number of sulfonamides is 1. The topological polar surface area (TPSA) is 53.5 Å². The molecule has 0 aliphatic carbocycles. The van der Waals surface area contributed by atoms with Crippen molar-refractivity contribution < 1.29 is 8.42 Å². The van der Waals surface area contributed by atoms with Crippen molar-refractivity contribution in [1.82, 2.24) is 14.2 Å². The first-order chi connectivity index (χ1) is 11.5. The second-order valence-corrected chi connectivity index (χ2v) is 8.70. The number of nitrogens with zero attached hydrogens (tertiary/aromatic N) is 3. The Labute approximate surface area is 151 Å². The van der Waals surface area contributed by atoms with Gasteiger partial charge in [-0.2, -0.15) is 4.31 Å². The third kappa shape index (κ3) is 3.85. The predicted octanol–water partition coefficient (Wildman–Crippen LogP) is 2.66. The Kier molecular flexibility index (Phi) is 5.34. The van der Waals surface area contributed by atoms with E-state index >= 15 is 0 Å². The van der Waals surface area contributed by atoms with Gasteiger partial charge in [-0.25, -0.2) is 8.42 Å². The number of pyridine rings is 1. The summed E-state index contributed by atoms with van der Waals surface area (Å²) in [6, 6.07) is 11.0. The molecule has 0 bridgehead atoms. The number of hydrogen-bond acceptors (Lipinski definition) is 4.